The molecule has 0 aliphatic carbocycles. The van der Waals surface area contributed by atoms with Gasteiger partial charge in [-0.25, -0.2) is 0 Å². The predicted octanol–water partition coefficient (Wildman–Crippen LogP) is 0.663. The topological polar surface area (TPSA) is 47.7 Å². The number of hydrogen-bond donors (Lipinski definition) is 1. The Kier molecular flexibility index (Phi) is 7.09. The molecule has 0 rings (SSSR count). The van der Waals surface area contributed by atoms with E-state index in [0.29, 0.717) is 18.6 Å². The molecule has 86 valence electrons. The third-order valence-corrected chi connectivity index (χ3v) is 2.65. The summed E-state index contributed by atoms with van der Waals surface area (Å²) in [6.07, 6.45) is 0.641. The molecular weight excluding hydrogens is 180 g/mol. The molecule has 0 spiro atoms. The molecule has 0 saturated heterocycles. The number of rotatable bonds is 7. The molecule has 0 radical (unpaired) electrons. The van der Waals surface area contributed by atoms with Crippen LogP contribution in [0.5, 0.6) is 0 Å². The molecule has 0 aromatic carbocycles. The van der Waals surface area contributed by atoms with Crippen molar-refractivity contribution in [3.63, 3.8) is 0 Å². The zero-order chi connectivity index (χ0) is 11.1. The molecule has 0 aliphatic rings. The third kappa shape index (κ3) is 4.37. The number of ether oxygens (including phenoxy) is 2. The Morgan fingerprint density at radius 2 is 1.71 bits per heavy atom. The van der Waals surface area contributed by atoms with Gasteiger partial charge in [0.05, 0.1) is 0 Å². The summed E-state index contributed by atoms with van der Waals surface area (Å²) in [4.78, 5) is 2.24. The molecule has 0 aliphatic heterocycles. The summed E-state index contributed by atoms with van der Waals surface area (Å²) in [6.45, 7) is 4.92. The van der Waals surface area contributed by atoms with Gasteiger partial charge in [-0.15, -0.1) is 0 Å². The second-order valence-electron chi connectivity index (χ2n) is 3.79. The second-order valence-corrected chi connectivity index (χ2v) is 3.79. The van der Waals surface area contributed by atoms with Crippen molar-refractivity contribution in [2.45, 2.75) is 38.6 Å². The average Bonchev–Trinajstić information content (AvgIpc) is 2.19. The summed E-state index contributed by atoms with van der Waals surface area (Å²) < 4.78 is 10.3. The first-order valence-electron chi connectivity index (χ1n) is 5.04. The van der Waals surface area contributed by atoms with E-state index in [4.69, 9.17) is 15.2 Å². The SMILES string of the molecule is COC(CC(CN)N(C)C(C)C)OC. The van der Waals surface area contributed by atoms with Gasteiger partial charge in [-0.3, -0.25) is 4.90 Å². The fraction of sp³-hybridized carbons (Fsp3) is 1.00. The van der Waals surface area contributed by atoms with Crippen molar-refractivity contribution in [1.29, 1.82) is 0 Å². The lowest BCUT2D eigenvalue weighted by Crippen LogP contribution is -2.44. The van der Waals surface area contributed by atoms with E-state index in [2.05, 4.69) is 25.8 Å². The van der Waals surface area contributed by atoms with Crippen molar-refractivity contribution in [2.75, 3.05) is 27.8 Å². The standard InChI is InChI=1S/C10H24N2O2/c1-8(2)12(3)9(7-11)6-10(13-4)14-5/h8-10H,6-7,11H2,1-5H3. The summed E-state index contributed by atoms with van der Waals surface area (Å²) in [7, 11) is 5.37. The fourth-order valence-corrected chi connectivity index (χ4v) is 1.36. The van der Waals surface area contributed by atoms with Crippen LogP contribution in [0.2, 0.25) is 0 Å². The van der Waals surface area contributed by atoms with Gasteiger partial charge < -0.3 is 15.2 Å². The van der Waals surface area contributed by atoms with E-state index in [-0.39, 0.29) is 6.29 Å². The van der Waals surface area contributed by atoms with Gasteiger partial charge in [0.15, 0.2) is 6.29 Å². The molecule has 2 N–H and O–H groups in total. The number of hydrogen-bond acceptors (Lipinski definition) is 4. The fourth-order valence-electron chi connectivity index (χ4n) is 1.36. The highest BCUT2D eigenvalue weighted by Crippen LogP contribution is 2.10. The van der Waals surface area contributed by atoms with Crippen LogP contribution in [-0.2, 0) is 9.47 Å². The Bertz CT molecular complexity index is 138. The molecule has 0 bridgehead atoms. The zero-order valence-corrected chi connectivity index (χ0v) is 9.99. The number of likely N-dealkylation sites (N-methyl/N-ethyl adjacent to an activating group) is 1. The summed E-state index contributed by atoms with van der Waals surface area (Å²) in [5.41, 5.74) is 5.72. The lowest BCUT2D eigenvalue weighted by Gasteiger charge is -2.32. The average molecular weight is 204 g/mol. The van der Waals surface area contributed by atoms with Crippen LogP contribution in [0, 0.1) is 0 Å². The Labute approximate surface area is 87.4 Å². The van der Waals surface area contributed by atoms with Crippen molar-refractivity contribution < 1.29 is 9.47 Å². The highest BCUT2D eigenvalue weighted by atomic mass is 16.7. The minimum atomic E-state index is -0.162. The van der Waals surface area contributed by atoms with Crippen LogP contribution in [-0.4, -0.2) is 51.1 Å². The molecule has 1 unspecified atom stereocenters. The van der Waals surface area contributed by atoms with Gasteiger partial charge in [-0.2, -0.15) is 0 Å². The van der Waals surface area contributed by atoms with Crippen LogP contribution in [0.1, 0.15) is 20.3 Å². The van der Waals surface area contributed by atoms with E-state index in [0.717, 1.165) is 6.42 Å². The first-order chi connectivity index (χ1) is 6.56. The van der Waals surface area contributed by atoms with Gasteiger partial charge in [0.1, 0.15) is 0 Å². The van der Waals surface area contributed by atoms with E-state index in [9.17, 15) is 0 Å². The highest BCUT2D eigenvalue weighted by Gasteiger charge is 2.20. The summed E-state index contributed by atoms with van der Waals surface area (Å²) >= 11 is 0. The quantitative estimate of drug-likeness (QED) is 0.619. The van der Waals surface area contributed by atoms with Crippen molar-refractivity contribution >= 4 is 0 Å². The van der Waals surface area contributed by atoms with Crippen molar-refractivity contribution in [1.82, 2.24) is 4.90 Å². The first kappa shape index (κ1) is 13.8. The molecule has 0 aromatic rings. The van der Waals surface area contributed by atoms with Crippen LogP contribution >= 0.6 is 0 Å². The van der Waals surface area contributed by atoms with Gasteiger partial charge >= 0.3 is 0 Å². The van der Waals surface area contributed by atoms with E-state index in [1.807, 2.05) is 0 Å². The number of methoxy groups -OCH3 is 2. The van der Waals surface area contributed by atoms with Crippen LogP contribution in [0.25, 0.3) is 0 Å². The lowest BCUT2D eigenvalue weighted by molar-refractivity contribution is -0.116. The molecule has 4 heteroatoms. The zero-order valence-electron chi connectivity index (χ0n) is 9.99. The smallest absolute Gasteiger partial charge is 0.158 e. The molecule has 0 saturated carbocycles. The summed E-state index contributed by atoms with van der Waals surface area (Å²) in [5, 5.41) is 0. The van der Waals surface area contributed by atoms with E-state index < -0.39 is 0 Å². The molecule has 0 heterocycles. The molecule has 4 nitrogen and oxygen atoms in total. The maximum Gasteiger partial charge on any atom is 0.158 e. The monoisotopic (exact) mass is 204 g/mol. The Hall–Kier alpha value is -0.160. The summed E-state index contributed by atoms with van der Waals surface area (Å²) in [6, 6.07) is 0.790. The molecule has 0 aromatic heterocycles. The third-order valence-electron chi connectivity index (χ3n) is 2.65. The van der Waals surface area contributed by atoms with Crippen LogP contribution in [0.4, 0.5) is 0 Å². The highest BCUT2D eigenvalue weighted by molar-refractivity contribution is 4.73. The van der Waals surface area contributed by atoms with Crippen LogP contribution < -0.4 is 5.73 Å². The van der Waals surface area contributed by atoms with Crippen molar-refractivity contribution in [3.8, 4) is 0 Å². The van der Waals surface area contributed by atoms with Gasteiger partial charge in [0.2, 0.25) is 0 Å². The molecule has 0 amide bonds. The van der Waals surface area contributed by atoms with Crippen LogP contribution in [0.3, 0.4) is 0 Å². The van der Waals surface area contributed by atoms with Crippen LogP contribution in [0.15, 0.2) is 0 Å². The first-order valence-corrected chi connectivity index (χ1v) is 5.04. The Balaban J connectivity index is 4.12. The Morgan fingerprint density at radius 3 is 2.00 bits per heavy atom. The molecular formula is C10H24N2O2. The van der Waals surface area contributed by atoms with E-state index >= 15 is 0 Å². The maximum atomic E-state index is 5.72. The Morgan fingerprint density at radius 1 is 1.21 bits per heavy atom. The van der Waals surface area contributed by atoms with Crippen molar-refractivity contribution in [3.05, 3.63) is 0 Å². The largest absolute Gasteiger partial charge is 0.356 e. The number of nitrogens with zero attached hydrogens (tertiary/aromatic N) is 1. The molecule has 14 heavy (non-hydrogen) atoms. The summed E-state index contributed by atoms with van der Waals surface area (Å²) in [5.74, 6) is 0. The lowest BCUT2D eigenvalue weighted by atomic mass is 10.1. The maximum absolute atomic E-state index is 5.72. The van der Waals surface area contributed by atoms with Gasteiger partial charge in [0, 0.05) is 39.3 Å². The van der Waals surface area contributed by atoms with Gasteiger partial charge in [0.25, 0.3) is 0 Å². The minimum Gasteiger partial charge on any atom is -0.356 e. The van der Waals surface area contributed by atoms with Crippen molar-refractivity contribution in [2.24, 2.45) is 5.73 Å². The van der Waals surface area contributed by atoms with E-state index in [1.165, 1.54) is 0 Å². The van der Waals surface area contributed by atoms with Gasteiger partial charge in [-0.05, 0) is 20.9 Å². The number of nitrogens with two attached hydrogens (primary N) is 1. The van der Waals surface area contributed by atoms with E-state index in [1.54, 1.807) is 14.2 Å². The predicted molar refractivity (Wildman–Crippen MR) is 58.2 cm³/mol. The molecule has 1 atom stereocenters. The minimum absolute atomic E-state index is 0.162. The van der Waals surface area contributed by atoms with Gasteiger partial charge in [-0.1, -0.05) is 0 Å². The normalized spacial score (nSPS) is 14.4. The molecule has 0 fully saturated rings. The second kappa shape index (κ2) is 7.17.